The average molecular weight is 1800 g/mol. The number of halogens is 8. The number of hydrogen-bond donors (Lipinski definition) is 7. The Morgan fingerprint density at radius 3 is 1.01 bits per heavy atom. The highest BCUT2D eigenvalue weighted by Crippen LogP contribution is 2.40. The number of ether oxygens (including phenoxy) is 1. The van der Waals surface area contributed by atoms with Crippen molar-refractivity contribution in [1.82, 2.24) is 44.0 Å². The number of benzene rings is 4. The van der Waals surface area contributed by atoms with E-state index in [1.165, 1.54) is 72.8 Å². The molecule has 3 amide bonds. The van der Waals surface area contributed by atoms with Gasteiger partial charge in [-0.05, 0) is 144 Å². The van der Waals surface area contributed by atoms with E-state index in [2.05, 4.69) is 164 Å². The second-order valence-corrected chi connectivity index (χ2v) is 42.9. The van der Waals surface area contributed by atoms with Crippen molar-refractivity contribution in [1.29, 1.82) is 0 Å². The molecule has 8 aromatic rings. The highest BCUT2D eigenvalue weighted by molar-refractivity contribution is 7.92. The smallest absolute Gasteiger partial charge is 0.270 e. The molecule has 0 saturated carbocycles. The van der Waals surface area contributed by atoms with E-state index in [0.717, 1.165) is 172 Å². The van der Waals surface area contributed by atoms with Crippen LogP contribution in [-0.4, -0.2) is 147 Å². The molecule has 28 heteroatoms. The van der Waals surface area contributed by atoms with Gasteiger partial charge in [-0.15, -0.1) is 0 Å². The van der Waals surface area contributed by atoms with E-state index in [4.69, 9.17) is 4.74 Å². The van der Waals surface area contributed by atoms with Crippen molar-refractivity contribution in [3.8, 4) is 0 Å². The Bertz CT molecular complexity index is 4980. The Balaban J connectivity index is 0.000000233. The lowest BCUT2D eigenvalue weighted by atomic mass is 9.89. The van der Waals surface area contributed by atoms with Gasteiger partial charge >= 0.3 is 0 Å². The molecule has 19 nitrogen and oxygen atoms in total. The molecular weight excluding hydrogens is 1650 g/mol. The molecule has 0 spiro atoms. The van der Waals surface area contributed by atoms with Crippen molar-refractivity contribution in [3.05, 3.63) is 206 Å². The first-order chi connectivity index (χ1) is 58.3. The van der Waals surface area contributed by atoms with Crippen molar-refractivity contribution in [2.45, 2.75) is 263 Å². The number of rotatable bonds is 29. The number of nitrogens with zero attached hydrogens (tertiary/aromatic N) is 6. The summed E-state index contributed by atoms with van der Waals surface area (Å²) in [4.78, 5) is 44.6. The lowest BCUT2D eigenvalue weighted by Gasteiger charge is -2.37. The molecule has 4 aromatic heterocycles. The summed E-state index contributed by atoms with van der Waals surface area (Å²) in [5.74, 6) is -12.8. The molecule has 2 aliphatic rings. The highest BCUT2D eigenvalue weighted by atomic mass is 32.2. The van der Waals surface area contributed by atoms with Crippen LogP contribution in [0.25, 0.3) is 0 Å². The number of carbonyl (C=O) groups is 3. The fourth-order valence-corrected chi connectivity index (χ4v) is 17.7. The van der Waals surface area contributed by atoms with Gasteiger partial charge in [0.2, 0.25) is 0 Å². The summed E-state index contributed by atoms with van der Waals surface area (Å²) in [6.45, 7) is 63.9. The summed E-state index contributed by atoms with van der Waals surface area (Å²) in [7, 11) is -0.122. The molecule has 704 valence electrons. The Morgan fingerprint density at radius 2 is 0.693 bits per heavy atom. The topological polar surface area (TPSA) is 205 Å². The van der Waals surface area contributed by atoms with Crippen molar-refractivity contribution < 1.29 is 62.7 Å². The zero-order chi connectivity index (χ0) is 95.6. The van der Waals surface area contributed by atoms with Crippen molar-refractivity contribution in [2.24, 2.45) is 16.2 Å². The third-order valence-corrected chi connectivity index (χ3v) is 24.4. The minimum Gasteiger partial charge on any atom is -0.379 e. The van der Waals surface area contributed by atoms with Crippen molar-refractivity contribution in [3.63, 3.8) is 0 Å². The number of amides is 3. The predicted molar refractivity (Wildman–Crippen MR) is 501 cm³/mol. The number of morpholine rings is 1. The van der Waals surface area contributed by atoms with Gasteiger partial charge in [-0.3, -0.25) is 24.0 Å². The lowest BCUT2D eigenvalue weighted by Crippen LogP contribution is -2.47. The molecule has 0 atom stereocenters. The van der Waals surface area contributed by atoms with Crippen LogP contribution < -0.4 is 36.6 Å². The van der Waals surface area contributed by atoms with Crippen molar-refractivity contribution >= 4 is 50.5 Å². The summed E-state index contributed by atoms with van der Waals surface area (Å²) in [5, 5.41) is 18.2. The number of aromatic nitrogens is 4. The van der Waals surface area contributed by atoms with Gasteiger partial charge in [-0.2, -0.15) is 0 Å². The van der Waals surface area contributed by atoms with Gasteiger partial charge in [0, 0.05) is 225 Å². The molecule has 2 aliphatic heterocycles. The fraction of sp³-hybridized carbons (Fsp3) is 0.566. The number of nitrogens with one attached hydrogen (secondary N) is 7. The summed E-state index contributed by atoms with van der Waals surface area (Å²) in [5.41, 5.74) is 9.03. The molecular formula is C99H145F8N13O6S. The molecule has 0 radical (unpaired) electrons. The molecule has 7 N–H and O–H groups in total. The first-order valence-electron chi connectivity index (χ1n) is 44.0. The summed E-state index contributed by atoms with van der Waals surface area (Å²) >= 11 is 0. The predicted octanol–water partition coefficient (Wildman–Crippen LogP) is 21.5. The number of anilines is 4. The van der Waals surface area contributed by atoms with Crippen LogP contribution in [0.5, 0.6) is 0 Å². The van der Waals surface area contributed by atoms with Gasteiger partial charge in [-0.25, -0.2) is 43.5 Å². The molecule has 0 unspecified atom stereocenters. The van der Waals surface area contributed by atoms with Gasteiger partial charge in [-0.1, -0.05) is 173 Å². The van der Waals surface area contributed by atoms with Crippen LogP contribution in [0.15, 0.2) is 126 Å². The molecule has 0 aliphatic carbocycles. The highest BCUT2D eigenvalue weighted by Gasteiger charge is 2.37. The number of hydrogen-bond acceptors (Lipinski definition) is 11. The molecule has 2 fully saturated rings. The van der Waals surface area contributed by atoms with E-state index in [9.17, 15) is 57.9 Å². The van der Waals surface area contributed by atoms with Crippen LogP contribution in [-0.2, 0) is 86.3 Å². The zero-order valence-corrected chi connectivity index (χ0v) is 81.4. The standard InChI is InChI=1S/C27H40F2N4O.C27H39F2N3O2.C24H35F2N3O.C21H31F2N3O2S/c1-19-22(24(34)31-21-10-8-9-20(15-21)27(7,28)29)16-23(25(2,3)4)33(19)18-26(5,6)17-32-13-11-30-12-14-32;1-19-22(24(33)30-21-10-8-9-20(15-21)27(7,28)29)16-23(25(2,3)4)32(19)18-26(5,6)17-31-11-13-34-14-12-31;1-16-19(21(30)28-18-11-9-10-17(12-18)24(7,25)26)13-20(22(2,3)4)29(16)15-23(5,6)14-27-8;1-15-18(14-19(20(2,3)4)26(15)12-8-11-24-6)29(27,28)25-17-10-7-9-16(13-17)21(5,22)23/h8-10,15-16,30H,11-14,17-18H2,1-7H3,(H,31,34);8-10,15-16H,11-14,17-18H2,1-7H3,(H,30,33);9-13,27H,14-15H2,1-8H3,(H,28,30);7,9-10,13-14,24-25H,8,11-12H2,1-6H3. The van der Waals surface area contributed by atoms with Crippen LogP contribution in [0, 0.1) is 43.9 Å². The second-order valence-electron chi connectivity index (χ2n) is 41.2. The maximum Gasteiger partial charge on any atom is 0.270 e. The monoisotopic (exact) mass is 1800 g/mol. The molecule has 0 bridgehead atoms. The Hall–Kier alpha value is -8.64. The maximum atomic E-state index is 13.7. The van der Waals surface area contributed by atoms with Gasteiger partial charge in [0.1, 0.15) is 4.90 Å². The third kappa shape index (κ3) is 29.9. The van der Waals surface area contributed by atoms with Crippen LogP contribution in [0.3, 0.4) is 0 Å². The van der Waals surface area contributed by atoms with E-state index in [1.807, 2.05) is 78.4 Å². The SMILES string of the molecule is CNCC(C)(C)Cn1c(C(C)(C)C)cc(C(=O)Nc2cccc(C(C)(F)F)c2)c1C.CNCCCn1c(C(C)(C)C)cc(S(=O)(=O)Nc2cccc(C(C)(F)F)c2)c1C.Cc1c(C(=O)Nc2cccc(C(C)(F)F)c2)cc(C(C)(C)C)n1CC(C)(C)CN1CCNCC1.Cc1c(C(=O)Nc2cccc(C(C)(F)F)c2)cc(C(C)(C)C)n1CC(C)(C)CN1CCOCC1. The molecule has 10 rings (SSSR count). The first-order valence-corrected chi connectivity index (χ1v) is 45.5. The van der Waals surface area contributed by atoms with Gasteiger partial charge < -0.3 is 59.8 Å². The fourth-order valence-electron chi connectivity index (χ4n) is 16.3. The normalized spacial score (nSPS) is 14.6. The van der Waals surface area contributed by atoms with Gasteiger partial charge in [0.15, 0.2) is 0 Å². The summed E-state index contributed by atoms with van der Waals surface area (Å²) in [6.07, 6.45) is 0.857. The van der Waals surface area contributed by atoms with Crippen LogP contribution >= 0.6 is 0 Å². The Morgan fingerprint density at radius 1 is 0.386 bits per heavy atom. The number of alkyl halides is 8. The van der Waals surface area contributed by atoms with Crippen molar-refractivity contribution in [2.75, 3.05) is 113 Å². The zero-order valence-electron chi connectivity index (χ0n) is 80.6. The third-order valence-electron chi connectivity index (χ3n) is 22.9. The van der Waals surface area contributed by atoms with E-state index in [1.54, 1.807) is 37.3 Å². The maximum absolute atomic E-state index is 13.7. The van der Waals surface area contributed by atoms with Crippen LogP contribution in [0.2, 0.25) is 0 Å². The van der Waals surface area contributed by atoms with Crippen LogP contribution in [0.4, 0.5) is 57.9 Å². The average Bonchev–Trinajstić information content (AvgIpc) is 1.63. The number of sulfonamides is 1. The van der Waals surface area contributed by atoms with E-state index >= 15 is 0 Å². The first kappa shape index (κ1) is 105. The van der Waals surface area contributed by atoms with E-state index < -0.39 is 33.7 Å². The van der Waals surface area contributed by atoms with E-state index in [-0.39, 0.29) is 88.5 Å². The summed E-state index contributed by atoms with van der Waals surface area (Å²) in [6, 6.07) is 30.5. The lowest BCUT2D eigenvalue weighted by molar-refractivity contribution is 0.0168. The summed E-state index contributed by atoms with van der Waals surface area (Å²) < 4.78 is 152. The van der Waals surface area contributed by atoms with Gasteiger partial charge in [0.25, 0.3) is 51.4 Å². The largest absolute Gasteiger partial charge is 0.379 e. The minimum absolute atomic E-state index is 0.00663. The number of carbonyl (C=O) groups excluding carboxylic acids is 3. The number of piperazine rings is 1. The quantitative estimate of drug-likeness (QED) is 0.0174. The minimum atomic E-state index is -3.93. The van der Waals surface area contributed by atoms with Crippen LogP contribution in [0.1, 0.15) is 258 Å². The van der Waals surface area contributed by atoms with Gasteiger partial charge in [0.05, 0.1) is 29.9 Å². The second kappa shape index (κ2) is 41.6. The molecule has 4 aromatic carbocycles. The molecule has 6 heterocycles. The molecule has 2 saturated heterocycles. The Kier molecular flexibility index (Phi) is 34.6. The Labute approximate surface area is 751 Å². The molecule has 127 heavy (non-hydrogen) atoms. The van der Waals surface area contributed by atoms with E-state index in [0.29, 0.717) is 46.0 Å².